The van der Waals surface area contributed by atoms with Crippen LogP contribution in [0.2, 0.25) is 15.1 Å². The normalized spacial score (nSPS) is 11.2. The molecule has 2 rings (SSSR count). The number of halogens is 3. The standard InChI is InChI=1S/C13H8Cl3NO4S/c14-8-3-1-2-4-11(8)17-22(20,21)12-5-7(13(18)19)9(15)6-10(12)16/h1-6,17H,(H,18,19). The van der Waals surface area contributed by atoms with Gasteiger partial charge in [-0.3, -0.25) is 4.72 Å². The summed E-state index contributed by atoms with van der Waals surface area (Å²) in [5.74, 6) is -1.36. The van der Waals surface area contributed by atoms with E-state index in [1.165, 1.54) is 12.1 Å². The first-order chi connectivity index (χ1) is 10.2. The Labute approximate surface area is 141 Å². The maximum Gasteiger partial charge on any atom is 0.337 e. The number of nitrogens with one attached hydrogen (secondary N) is 1. The van der Waals surface area contributed by atoms with Crippen LogP contribution in [0.1, 0.15) is 10.4 Å². The minimum atomic E-state index is -4.13. The number of carbonyl (C=O) groups is 1. The Bertz CT molecular complexity index is 852. The molecule has 116 valence electrons. The first-order valence-corrected chi connectivity index (χ1v) is 8.34. The summed E-state index contributed by atoms with van der Waals surface area (Å²) in [6.45, 7) is 0. The summed E-state index contributed by atoms with van der Waals surface area (Å²) >= 11 is 17.5. The molecule has 0 atom stereocenters. The maximum absolute atomic E-state index is 12.4. The van der Waals surface area contributed by atoms with Gasteiger partial charge in [0, 0.05) is 0 Å². The van der Waals surface area contributed by atoms with Gasteiger partial charge >= 0.3 is 5.97 Å². The second-order valence-electron chi connectivity index (χ2n) is 4.15. The van der Waals surface area contributed by atoms with Gasteiger partial charge in [0.05, 0.1) is 26.3 Å². The number of rotatable bonds is 4. The summed E-state index contributed by atoms with van der Waals surface area (Å²) in [4.78, 5) is 10.7. The van der Waals surface area contributed by atoms with Crippen LogP contribution in [0.5, 0.6) is 0 Å². The van der Waals surface area contributed by atoms with Crippen LogP contribution in [0.3, 0.4) is 0 Å². The molecule has 0 heterocycles. The van der Waals surface area contributed by atoms with Gasteiger partial charge in [-0.2, -0.15) is 0 Å². The third-order valence-electron chi connectivity index (χ3n) is 2.66. The number of para-hydroxylation sites is 1. The molecule has 0 fully saturated rings. The van der Waals surface area contributed by atoms with Crippen molar-refractivity contribution in [3.05, 3.63) is 57.0 Å². The Morgan fingerprint density at radius 3 is 2.23 bits per heavy atom. The van der Waals surface area contributed by atoms with Crippen LogP contribution in [0.25, 0.3) is 0 Å². The molecule has 0 aliphatic carbocycles. The molecule has 0 saturated carbocycles. The largest absolute Gasteiger partial charge is 0.478 e. The van der Waals surface area contributed by atoms with Crippen molar-refractivity contribution in [2.24, 2.45) is 0 Å². The van der Waals surface area contributed by atoms with E-state index in [9.17, 15) is 13.2 Å². The molecule has 0 aromatic heterocycles. The van der Waals surface area contributed by atoms with Gasteiger partial charge in [-0.25, -0.2) is 13.2 Å². The van der Waals surface area contributed by atoms with Gasteiger partial charge in [-0.1, -0.05) is 46.9 Å². The lowest BCUT2D eigenvalue weighted by Gasteiger charge is -2.12. The van der Waals surface area contributed by atoms with Gasteiger partial charge in [-0.15, -0.1) is 0 Å². The van der Waals surface area contributed by atoms with E-state index in [1.54, 1.807) is 12.1 Å². The average molecular weight is 381 g/mol. The Morgan fingerprint density at radius 2 is 1.64 bits per heavy atom. The number of benzene rings is 2. The van der Waals surface area contributed by atoms with Gasteiger partial charge in [0.25, 0.3) is 10.0 Å². The highest BCUT2D eigenvalue weighted by atomic mass is 35.5. The van der Waals surface area contributed by atoms with Crippen LogP contribution in [-0.2, 0) is 10.0 Å². The smallest absolute Gasteiger partial charge is 0.337 e. The van der Waals surface area contributed by atoms with Gasteiger partial charge in [-0.05, 0) is 24.3 Å². The molecule has 2 aromatic carbocycles. The summed E-state index contributed by atoms with van der Waals surface area (Å²) in [5.41, 5.74) is -0.224. The first-order valence-electron chi connectivity index (χ1n) is 5.72. The fourth-order valence-corrected chi connectivity index (χ4v) is 3.82. The zero-order valence-electron chi connectivity index (χ0n) is 10.7. The number of aromatic carboxylic acids is 1. The first kappa shape index (κ1) is 16.9. The van der Waals surface area contributed by atoms with Gasteiger partial charge in [0.2, 0.25) is 0 Å². The van der Waals surface area contributed by atoms with E-state index in [0.717, 1.165) is 12.1 Å². The average Bonchev–Trinajstić information content (AvgIpc) is 2.40. The predicted octanol–water partition coefficient (Wildman–Crippen LogP) is 4.15. The van der Waals surface area contributed by atoms with E-state index in [2.05, 4.69) is 4.72 Å². The minimum Gasteiger partial charge on any atom is -0.478 e. The molecule has 5 nitrogen and oxygen atoms in total. The summed E-state index contributed by atoms with van der Waals surface area (Å²) < 4.78 is 27.0. The van der Waals surface area contributed by atoms with Crippen LogP contribution < -0.4 is 4.72 Å². The molecule has 0 saturated heterocycles. The maximum atomic E-state index is 12.4. The molecule has 0 unspecified atom stereocenters. The number of anilines is 1. The molecule has 0 bridgehead atoms. The van der Waals surface area contributed by atoms with Crippen LogP contribution >= 0.6 is 34.8 Å². The summed E-state index contributed by atoms with van der Waals surface area (Å²) in [5, 5.41) is 8.85. The lowest BCUT2D eigenvalue weighted by Crippen LogP contribution is -2.15. The SMILES string of the molecule is O=C(O)c1cc(S(=O)(=O)Nc2ccccc2Cl)c(Cl)cc1Cl. The highest BCUT2D eigenvalue weighted by molar-refractivity contribution is 7.92. The predicted molar refractivity (Wildman–Crippen MR) is 85.7 cm³/mol. The molecule has 2 N–H and O–H groups in total. The molecular weight excluding hydrogens is 373 g/mol. The quantitative estimate of drug-likeness (QED) is 0.835. The third-order valence-corrected chi connectivity index (χ3v) is 5.13. The molecule has 0 spiro atoms. The minimum absolute atomic E-state index is 0.145. The van der Waals surface area contributed by atoms with Gasteiger partial charge < -0.3 is 5.11 Å². The Hall–Kier alpha value is -1.47. The number of carboxylic acids is 1. The third kappa shape index (κ3) is 3.47. The summed E-state index contributed by atoms with van der Waals surface area (Å²) in [6.07, 6.45) is 0. The fourth-order valence-electron chi connectivity index (χ4n) is 1.64. The Morgan fingerprint density at radius 1 is 1.00 bits per heavy atom. The van der Waals surface area contributed by atoms with Crippen molar-refractivity contribution in [1.82, 2.24) is 0 Å². The van der Waals surface area contributed by atoms with Crippen molar-refractivity contribution >= 4 is 56.5 Å². The van der Waals surface area contributed by atoms with Crippen molar-refractivity contribution < 1.29 is 18.3 Å². The van der Waals surface area contributed by atoms with Crippen molar-refractivity contribution in [2.45, 2.75) is 4.90 Å². The van der Waals surface area contributed by atoms with Crippen molar-refractivity contribution in [1.29, 1.82) is 0 Å². The van der Waals surface area contributed by atoms with Gasteiger partial charge in [0.15, 0.2) is 0 Å². The van der Waals surface area contributed by atoms with E-state index in [1.807, 2.05) is 0 Å². The molecule has 0 amide bonds. The Kier molecular flexibility index (Phi) is 4.87. The molecular formula is C13H8Cl3NO4S. The fraction of sp³-hybridized carbons (Fsp3) is 0. The van der Waals surface area contributed by atoms with Crippen LogP contribution in [0, 0.1) is 0 Å². The van der Waals surface area contributed by atoms with Crippen LogP contribution in [0.15, 0.2) is 41.3 Å². The van der Waals surface area contributed by atoms with E-state index in [-0.39, 0.29) is 26.3 Å². The van der Waals surface area contributed by atoms with E-state index >= 15 is 0 Å². The highest BCUT2D eigenvalue weighted by Crippen LogP contribution is 2.31. The highest BCUT2D eigenvalue weighted by Gasteiger charge is 2.23. The lowest BCUT2D eigenvalue weighted by molar-refractivity contribution is 0.0697. The van der Waals surface area contributed by atoms with Crippen molar-refractivity contribution in [2.75, 3.05) is 4.72 Å². The van der Waals surface area contributed by atoms with Crippen LogP contribution in [0.4, 0.5) is 5.69 Å². The number of hydrogen-bond donors (Lipinski definition) is 2. The lowest BCUT2D eigenvalue weighted by atomic mass is 10.2. The zero-order chi connectivity index (χ0) is 16.5. The van der Waals surface area contributed by atoms with Crippen molar-refractivity contribution in [3.63, 3.8) is 0 Å². The van der Waals surface area contributed by atoms with Crippen molar-refractivity contribution in [3.8, 4) is 0 Å². The van der Waals surface area contributed by atoms with Gasteiger partial charge in [0.1, 0.15) is 4.90 Å². The van der Waals surface area contributed by atoms with Crippen LogP contribution in [-0.4, -0.2) is 19.5 Å². The van der Waals surface area contributed by atoms with E-state index in [0.29, 0.717) is 0 Å². The molecule has 9 heteroatoms. The number of carboxylic acid groups (broad SMARTS) is 1. The molecule has 0 radical (unpaired) electrons. The molecule has 0 aliphatic rings. The zero-order valence-corrected chi connectivity index (χ0v) is 13.8. The topological polar surface area (TPSA) is 83.5 Å². The monoisotopic (exact) mass is 379 g/mol. The summed E-state index contributed by atoms with van der Waals surface area (Å²) in [7, 11) is -4.13. The molecule has 2 aromatic rings. The molecule has 0 aliphatic heterocycles. The van der Waals surface area contributed by atoms with E-state index in [4.69, 9.17) is 39.9 Å². The summed E-state index contributed by atoms with van der Waals surface area (Å²) in [6, 6.07) is 8.15. The second kappa shape index (κ2) is 6.34. The van der Waals surface area contributed by atoms with E-state index < -0.39 is 20.9 Å². The number of hydrogen-bond acceptors (Lipinski definition) is 3. The number of sulfonamides is 1. The second-order valence-corrected chi connectivity index (χ2v) is 7.03. The molecule has 22 heavy (non-hydrogen) atoms. The Balaban J connectivity index is 2.52.